The summed E-state index contributed by atoms with van der Waals surface area (Å²) in [6, 6.07) is 0. The fraction of sp³-hybridized carbons (Fsp3) is 1.00. The van der Waals surface area contributed by atoms with E-state index in [4.69, 9.17) is 0 Å². The van der Waals surface area contributed by atoms with Gasteiger partial charge < -0.3 is 5.11 Å². The van der Waals surface area contributed by atoms with Gasteiger partial charge in [0, 0.05) is 5.41 Å². The molecule has 1 rings (SSSR count). The lowest BCUT2D eigenvalue weighted by atomic mass is 9.71. The van der Waals surface area contributed by atoms with Crippen LogP contribution in [0.5, 0.6) is 0 Å². The van der Waals surface area contributed by atoms with Crippen molar-refractivity contribution in [2.24, 2.45) is 5.41 Å². The van der Waals surface area contributed by atoms with Gasteiger partial charge >= 0.3 is 0 Å². The maximum absolute atomic E-state index is 13.8. The number of hydrogen-bond acceptors (Lipinski definition) is 2. The van der Waals surface area contributed by atoms with Crippen LogP contribution in [0.2, 0.25) is 0 Å². The minimum Gasteiger partial charge on any atom is -0.396 e. The van der Waals surface area contributed by atoms with Gasteiger partial charge in [-0.1, -0.05) is 0 Å². The van der Waals surface area contributed by atoms with Gasteiger partial charge in [-0.2, -0.15) is 11.8 Å². The summed E-state index contributed by atoms with van der Waals surface area (Å²) in [5.74, 6) is 1.96. The number of rotatable bonds is 2. The molecule has 12 heavy (non-hydrogen) atoms. The van der Waals surface area contributed by atoms with Crippen molar-refractivity contribution in [2.45, 2.75) is 32.4 Å². The lowest BCUT2D eigenvalue weighted by Gasteiger charge is -2.42. The van der Waals surface area contributed by atoms with Crippen molar-refractivity contribution in [1.82, 2.24) is 0 Å². The van der Waals surface area contributed by atoms with Gasteiger partial charge in [0.15, 0.2) is 0 Å². The molecule has 3 heteroatoms. The van der Waals surface area contributed by atoms with Crippen molar-refractivity contribution in [3.63, 3.8) is 0 Å². The van der Waals surface area contributed by atoms with Gasteiger partial charge in [0.25, 0.3) is 0 Å². The van der Waals surface area contributed by atoms with Crippen LogP contribution in [0.25, 0.3) is 0 Å². The Kier molecular flexibility index (Phi) is 3.05. The Hall–Kier alpha value is 0.240. The van der Waals surface area contributed by atoms with Crippen LogP contribution < -0.4 is 0 Å². The molecular weight excluding hydrogens is 175 g/mol. The molecule has 1 aliphatic rings. The molecular formula is C9H17FOS. The molecule has 0 aromatic carbocycles. The van der Waals surface area contributed by atoms with E-state index < -0.39 is 11.1 Å². The van der Waals surface area contributed by atoms with Crippen LogP contribution in [-0.2, 0) is 0 Å². The molecule has 1 saturated heterocycles. The average Bonchev–Trinajstić information content (AvgIpc) is 2.04. The van der Waals surface area contributed by atoms with E-state index in [9.17, 15) is 9.50 Å². The average molecular weight is 192 g/mol. The molecule has 0 unspecified atom stereocenters. The Balaban J connectivity index is 2.73. The third kappa shape index (κ3) is 1.77. The minimum absolute atomic E-state index is 0.0168. The topological polar surface area (TPSA) is 20.2 Å². The van der Waals surface area contributed by atoms with Gasteiger partial charge in [-0.15, -0.1) is 0 Å². The first kappa shape index (κ1) is 10.3. The summed E-state index contributed by atoms with van der Waals surface area (Å²) in [5.41, 5.74) is -1.72. The van der Waals surface area contributed by atoms with Gasteiger partial charge in [0.2, 0.25) is 0 Å². The second kappa shape index (κ2) is 3.54. The van der Waals surface area contributed by atoms with E-state index in [2.05, 4.69) is 0 Å². The molecule has 72 valence electrons. The molecule has 1 aliphatic heterocycles. The monoisotopic (exact) mass is 192 g/mol. The van der Waals surface area contributed by atoms with Crippen LogP contribution in [0.3, 0.4) is 0 Å². The first-order valence-corrected chi connectivity index (χ1v) is 5.55. The largest absolute Gasteiger partial charge is 0.396 e. The van der Waals surface area contributed by atoms with Crippen LogP contribution >= 0.6 is 11.8 Å². The van der Waals surface area contributed by atoms with Gasteiger partial charge in [-0.05, 0) is 38.2 Å². The predicted octanol–water partition coefficient (Wildman–Crippen LogP) is 2.24. The first-order chi connectivity index (χ1) is 5.52. The van der Waals surface area contributed by atoms with Crippen molar-refractivity contribution in [3.05, 3.63) is 0 Å². The van der Waals surface area contributed by atoms with Gasteiger partial charge in [0.1, 0.15) is 5.67 Å². The quantitative estimate of drug-likeness (QED) is 0.724. The maximum atomic E-state index is 13.8. The van der Waals surface area contributed by atoms with Crippen LogP contribution in [0.4, 0.5) is 4.39 Å². The highest BCUT2D eigenvalue weighted by Crippen LogP contribution is 2.45. The predicted molar refractivity (Wildman–Crippen MR) is 51.3 cm³/mol. The van der Waals surface area contributed by atoms with Crippen molar-refractivity contribution in [3.8, 4) is 0 Å². The molecule has 0 saturated carbocycles. The van der Waals surface area contributed by atoms with E-state index in [-0.39, 0.29) is 6.61 Å². The van der Waals surface area contributed by atoms with E-state index in [0.29, 0.717) is 0 Å². The molecule has 0 aliphatic carbocycles. The van der Waals surface area contributed by atoms with E-state index in [0.717, 1.165) is 24.3 Å². The van der Waals surface area contributed by atoms with Crippen LogP contribution in [0.15, 0.2) is 0 Å². The number of aliphatic hydroxyl groups is 1. The summed E-state index contributed by atoms with van der Waals surface area (Å²) in [6.07, 6.45) is 1.61. The Morgan fingerprint density at radius 2 is 1.92 bits per heavy atom. The van der Waals surface area contributed by atoms with E-state index >= 15 is 0 Å². The lowest BCUT2D eigenvalue weighted by Crippen LogP contribution is -2.45. The third-order valence-electron chi connectivity index (χ3n) is 3.01. The third-order valence-corrected chi connectivity index (χ3v) is 4.00. The fourth-order valence-corrected chi connectivity index (χ4v) is 2.98. The Labute approximate surface area is 77.7 Å². The highest BCUT2D eigenvalue weighted by Gasteiger charge is 2.45. The van der Waals surface area contributed by atoms with E-state index in [1.54, 1.807) is 13.8 Å². The van der Waals surface area contributed by atoms with Gasteiger partial charge in [0.05, 0.1) is 6.61 Å². The summed E-state index contributed by atoms with van der Waals surface area (Å²) in [4.78, 5) is 0. The van der Waals surface area contributed by atoms with Crippen molar-refractivity contribution < 1.29 is 9.50 Å². The van der Waals surface area contributed by atoms with Crippen LogP contribution in [0, 0.1) is 5.41 Å². The maximum Gasteiger partial charge on any atom is 0.113 e. The Bertz CT molecular complexity index is 147. The zero-order valence-electron chi connectivity index (χ0n) is 7.77. The normalized spacial score (nSPS) is 24.0. The Morgan fingerprint density at radius 3 is 2.17 bits per heavy atom. The van der Waals surface area contributed by atoms with Crippen molar-refractivity contribution in [1.29, 1.82) is 0 Å². The molecule has 1 N–H and O–H groups in total. The summed E-state index contributed by atoms with van der Waals surface area (Å²) >= 11 is 1.85. The fourth-order valence-electron chi connectivity index (χ4n) is 1.70. The Morgan fingerprint density at radius 1 is 1.42 bits per heavy atom. The molecule has 1 fully saturated rings. The zero-order chi connectivity index (χ0) is 9.24. The van der Waals surface area contributed by atoms with Crippen molar-refractivity contribution in [2.75, 3.05) is 18.1 Å². The van der Waals surface area contributed by atoms with Gasteiger partial charge in [-0.25, -0.2) is 4.39 Å². The highest BCUT2D eigenvalue weighted by molar-refractivity contribution is 7.99. The summed E-state index contributed by atoms with van der Waals surface area (Å²) < 4.78 is 13.8. The highest BCUT2D eigenvalue weighted by atomic mass is 32.2. The molecule has 0 radical (unpaired) electrons. The second-order valence-electron chi connectivity index (χ2n) is 4.02. The van der Waals surface area contributed by atoms with Gasteiger partial charge in [-0.3, -0.25) is 0 Å². The first-order valence-electron chi connectivity index (χ1n) is 4.39. The van der Waals surface area contributed by atoms with Crippen LogP contribution in [-0.4, -0.2) is 28.9 Å². The molecule has 0 aromatic heterocycles. The summed E-state index contributed by atoms with van der Waals surface area (Å²) in [5, 5.41) is 9.23. The number of thioether (sulfide) groups is 1. The minimum atomic E-state index is -1.25. The molecule has 0 aromatic rings. The lowest BCUT2D eigenvalue weighted by molar-refractivity contribution is -0.0307. The molecule has 1 heterocycles. The van der Waals surface area contributed by atoms with E-state index in [1.165, 1.54) is 0 Å². The summed E-state index contributed by atoms with van der Waals surface area (Å²) in [7, 11) is 0. The molecule has 0 spiro atoms. The summed E-state index contributed by atoms with van der Waals surface area (Å²) in [6.45, 7) is 3.15. The molecule has 0 amide bonds. The standard InChI is InChI=1S/C9H17FOS/c1-8(2,10)9(7-11)3-5-12-6-4-9/h11H,3-7H2,1-2H3. The number of halogens is 1. The van der Waals surface area contributed by atoms with Crippen molar-refractivity contribution >= 4 is 11.8 Å². The molecule has 1 nitrogen and oxygen atoms in total. The number of alkyl halides is 1. The zero-order valence-corrected chi connectivity index (χ0v) is 8.59. The van der Waals surface area contributed by atoms with Crippen LogP contribution in [0.1, 0.15) is 26.7 Å². The SMILES string of the molecule is CC(C)(F)C1(CO)CCSCC1. The van der Waals surface area contributed by atoms with E-state index in [1.807, 2.05) is 11.8 Å². The number of hydrogen-bond donors (Lipinski definition) is 1. The molecule has 0 bridgehead atoms. The smallest absolute Gasteiger partial charge is 0.113 e. The molecule has 0 atom stereocenters. The second-order valence-corrected chi connectivity index (χ2v) is 5.25. The number of aliphatic hydroxyl groups excluding tert-OH is 1.